The minimum absolute atomic E-state index is 0.150. The highest BCUT2D eigenvalue weighted by atomic mass is 16.5. The third-order valence-corrected chi connectivity index (χ3v) is 5.30. The number of benzene rings is 2. The highest BCUT2D eigenvalue weighted by molar-refractivity contribution is 6.04. The number of nitrogens with zero attached hydrogens (tertiary/aromatic N) is 1. The number of likely N-dealkylation sites (N-methyl/N-ethyl adjacent to an activating group) is 1. The van der Waals surface area contributed by atoms with Gasteiger partial charge in [0.15, 0.2) is 18.1 Å². The Morgan fingerprint density at radius 3 is 2.72 bits per heavy atom. The lowest BCUT2D eigenvalue weighted by Gasteiger charge is -2.25. The van der Waals surface area contributed by atoms with Crippen molar-refractivity contribution < 1.29 is 19.1 Å². The Morgan fingerprint density at radius 2 is 1.93 bits per heavy atom. The van der Waals surface area contributed by atoms with Gasteiger partial charge >= 0.3 is 0 Å². The molecule has 4 rings (SSSR count). The Morgan fingerprint density at radius 1 is 1.17 bits per heavy atom. The number of hydrogen-bond donors (Lipinski definition) is 1. The van der Waals surface area contributed by atoms with Crippen LogP contribution in [0.4, 0.5) is 5.69 Å². The molecule has 0 saturated heterocycles. The fraction of sp³-hybridized carbons (Fsp3) is 0.391. The zero-order chi connectivity index (χ0) is 20.6. The molecule has 0 unspecified atom stereocenters. The van der Waals surface area contributed by atoms with Gasteiger partial charge in [-0.25, -0.2) is 0 Å². The number of hydrogen-bond acceptors (Lipinski definition) is 4. The minimum Gasteiger partial charge on any atom is -0.483 e. The lowest BCUT2D eigenvalue weighted by Crippen LogP contribution is -2.49. The van der Waals surface area contributed by atoms with Gasteiger partial charge in [0.1, 0.15) is 11.6 Å². The van der Waals surface area contributed by atoms with E-state index < -0.39 is 6.04 Å². The lowest BCUT2D eigenvalue weighted by molar-refractivity contribution is -0.127. The van der Waals surface area contributed by atoms with E-state index in [1.165, 1.54) is 0 Å². The van der Waals surface area contributed by atoms with Crippen molar-refractivity contribution in [3.63, 3.8) is 0 Å². The van der Waals surface area contributed by atoms with Gasteiger partial charge in [-0.05, 0) is 38.5 Å². The van der Waals surface area contributed by atoms with E-state index in [9.17, 15) is 9.59 Å². The molecule has 2 aromatic carbocycles. The molecular formula is C23H26N2O4. The van der Waals surface area contributed by atoms with Crippen LogP contribution in [-0.2, 0) is 22.4 Å². The van der Waals surface area contributed by atoms with E-state index in [0.717, 1.165) is 23.2 Å². The topological polar surface area (TPSA) is 67.9 Å². The normalized spacial score (nSPS) is 18.6. The van der Waals surface area contributed by atoms with Crippen LogP contribution in [0.1, 0.15) is 31.9 Å². The first-order valence-electron chi connectivity index (χ1n) is 10.0. The molecule has 0 fully saturated rings. The molecular weight excluding hydrogens is 368 g/mol. The van der Waals surface area contributed by atoms with Crippen LogP contribution >= 0.6 is 0 Å². The zero-order valence-corrected chi connectivity index (χ0v) is 17.0. The van der Waals surface area contributed by atoms with Crippen molar-refractivity contribution in [2.75, 3.05) is 18.1 Å². The standard InChI is InChI=1S/C23H26N2O4/c1-4-24-22(27)18-12-15-8-5-6-10-17(15)25(18)20(26)14-28-19-11-7-9-16-13-23(2,3)29-21(16)19/h5-11,18H,4,12-14H2,1-3H3,(H,24,27)/t18-/m0/s1. The second-order valence-electron chi connectivity index (χ2n) is 8.08. The quantitative estimate of drug-likeness (QED) is 0.847. The molecule has 2 amide bonds. The Hall–Kier alpha value is -3.02. The number of nitrogens with one attached hydrogen (secondary N) is 1. The number of carbonyl (C=O) groups is 2. The molecule has 2 aliphatic heterocycles. The summed E-state index contributed by atoms with van der Waals surface area (Å²) in [6.45, 7) is 6.28. The Labute approximate surface area is 170 Å². The Balaban J connectivity index is 1.53. The van der Waals surface area contributed by atoms with Gasteiger partial charge in [0, 0.05) is 30.6 Å². The monoisotopic (exact) mass is 394 g/mol. The maximum Gasteiger partial charge on any atom is 0.265 e. The fourth-order valence-electron chi connectivity index (χ4n) is 4.11. The molecule has 0 saturated carbocycles. The minimum atomic E-state index is -0.555. The summed E-state index contributed by atoms with van der Waals surface area (Å²) in [7, 11) is 0. The number of ether oxygens (including phenoxy) is 2. The maximum absolute atomic E-state index is 13.1. The summed E-state index contributed by atoms with van der Waals surface area (Å²) in [6.07, 6.45) is 1.30. The predicted molar refractivity (Wildman–Crippen MR) is 110 cm³/mol. The summed E-state index contributed by atoms with van der Waals surface area (Å²) in [4.78, 5) is 27.2. The van der Waals surface area contributed by atoms with Crippen molar-refractivity contribution in [2.24, 2.45) is 0 Å². The number of amides is 2. The molecule has 0 bridgehead atoms. The Bertz CT molecular complexity index is 954. The van der Waals surface area contributed by atoms with Crippen LogP contribution in [0.2, 0.25) is 0 Å². The SMILES string of the molecule is CCNC(=O)[C@@H]1Cc2ccccc2N1C(=O)COc1cccc2c1OC(C)(C)C2. The van der Waals surface area contributed by atoms with Gasteiger partial charge in [0.25, 0.3) is 5.91 Å². The highest BCUT2D eigenvalue weighted by Crippen LogP contribution is 2.42. The number of carbonyl (C=O) groups excluding carboxylic acids is 2. The molecule has 152 valence electrons. The smallest absolute Gasteiger partial charge is 0.265 e. The van der Waals surface area contributed by atoms with Gasteiger partial charge in [0.05, 0.1) is 0 Å². The summed E-state index contributed by atoms with van der Waals surface area (Å²) in [5.74, 6) is 0.861. The molecule has 0 spiro atoms. The molecule has 6 heteroatoms. The molecule has 6 nitrogen and oxygen atoms in total. The van der Waals surface area contributed by atoms with Crippen molar-refractivity contribution in [3.8, 4) is 11.5 Å². The molecule has 1 atom stereocenters. The number of fused-ring (bicyclic) bond motifs is 2. The van der Waals surface area contributed by atoms with Gasteiger partial charge in [-0.1, -0.05) is 30.3 Å². The van der Waals surface area contributed by atoms with E-state index in [1.54, 1.807) is 4.90 Å². The van der Waals surface area contributed by atoms with E-state index in [0.29, 0.717) is 24.5 Å². The summed E-state index contributed by atoms with van der Waals surface area (Å²) >= 11 is 0. The Kier molecular flexibility index (Phi) is 4.94. The molecule has 29 heavy (non-hydrogen) atoms. The lowest BCUT2D eigenvalue weighted by atomic mass is 10.0. The third kappa shape index (κ3) is 3.67. The molecule has 2 aromatic rings. The van der Waals surface area contributed by atoms with Crippen LogP contribution in [0.25, 0.3) is 0 Å². The van der Waals surface area contributed by atoms with Crippen LogP contribution in [0.15, 0.2) is 42.5 Å². The summed E-state index contributed by atoms with van der Waals surface area (Å²) < 4.78 is 11.9. The first kappa shape index (κ1) is 19.3. The first-order chi connectivity index (χ1) is 13.9. The van der Waals surface area contributed by atoms with Crippen LogP contribution in [0.5, 0.6) is 11.5 Å². The van der Waals surface area contributed by atoms with Crippen LogP contribution in [0.3, 0.4) is 0 Å². The molecule has 2 heterocycles. The predicted octanol–water partition coefficient (Wildman–Crippen LogP) is 2.87. The molecule has 0 radical (unpaired) electrons. The van der Waals surface area contributed by atoms with E-state index in [-0.39, 0.29) is 24.0 Å². The molecule has 0 aliphatic carbocycles. The maximum atomic E-state index is 13.1. The van der Waals surface area contributed by atoms with Crippen molar-refractivity contribution in [1.82, 2.24) is 5.32 Å². The third-order valence-electron chi connectivity index (χ3n) is 5.30. The molecule has 2 aliphatic rings. The second-order valence-corrected chi connectivity index (χ2v) is 8.08. The van der Waals surface area contributed by atoms with Crippen LogP contribution in [-0.4, -0.2) is 36.6 Å². The molecule has 1 N–H and O–H groups in total. The van der Waals surface area contributed by atoms with E-state index >= 15 is 0 Å². The highest BCUT2D eigenvalue weighted by Gasteiger charge is 2.38. The van der Waals surface area contributed by atoms with E-state index in [4.69, 9.17) is 9.47 Å². The average Bonchev–Trinajstić information content (AvgIpc) is 3.22. The van der Waals surface area contributed by atoms with Crippen LogP contribution in [0, 0.1) is 0 Å². The van der Waals surface area contributed by atoms with Crippen LogP contribution < -0.4 is 19.7 Å². The van der Waals surface area contributed by atoms with Gasteiger partial charge in [-0.2, -0.15) is 0 Å². The zero-order valence-electron chi connectivity index (χ0n) is 17.0. The number of rotatable bonds is 5. The van der Waals surface area contributed by atoms with Crippen molar-refractivity contribution in [2.45, 2.75) is 45.3 Å². The average molecular weight is 394 g/mol. The number of para-hydroxylation sites is 2. The van der Waals surface area contributed by atoms with Gasteiger partial charge in [-0.3, -0.25) is 14.5 Å². The van der Waals surface area contributed by atoms with Gasteiger partial charge in [-0.15, -0.1) is 0 Å². The van der Waals surface area contributed by atoms with Gasteiger partial charge in [0.2, 0.25) is 5.91 Å². The second kappa shape index (κ2) is 7.43. The largest absolute Gasteiger partial charge is 0.483 e. The summed E-state index contributed by atoms with van der Waals surface area (Å²) in [5.41, 5.74) is 2.55. The van der Waals surface area contributed by atoms with E-state index in [2.05, 4.69) is 5.32 Å². The van der Waals surface area contributed by atoms with Crippen molar-refractivity contribution >= 4 is 17.5 Å². The number of anilines is 1. The van der Waals surface area contributed by atoms with E-state index in [1.807, 2.05) is 63.2 Å². The van der Waals surface area contributed by atoms with Crippen molar-refractivity contribution in [3.05, 3.63) is 53.6 Å². The summed E-state index contributed by atoms with van der Waals surface area (Å²) in [5, 5.41) is 2.83. The van der Waals surface area contributed by atoms with Gasteiger partial charge < -0.3 is 14.8 Å². The summed E-state index contributed by atoms with van der Waals surface area (Å²) in [6, 6.07) is 12.8. The fourth-order valence-corrected chi connectivity index (χ4v) is 4.11. The van der Waals surface area contributed by atoms with Crippen molar-refractivity contribution in [1.29, 1.82) is 0 Å². The first-order valence-corrected chi connectivity index (χ1v) is 10.0. The molecule has 0 aromatic heterocycles.